The van der Waals surface area contributed by atoms with E-state index in [0.717, 1.165) is 17.9 Å². The van der Waals surface area contributed by atoms with Gasteiger partial charge in [-0.15, -0.1) is 0 Å². The molecule has 3 saturated heterocycles. The second kappa shape index (κ2) is 4.59. The molecule has 3 rings (SSSR count). The minimum atomic E-state index is -1.99. The Hall–Kier alpha value is 0.157. The molecular formula is C16H28O3SSi. The van der Waals surface area contributed by atoms with E-state index in [-0.39, 0.29) is 22.5 Å². The fourth-order valence-corrected chi connectivity index (χ4v) is 6.86. The van der Waals surface area contributed by atoms with Crippen LogP contribution >= 0.6 is 11.8 Å². The van der Waals surface area contributed by atoms with Gasteiger partial charge in [-0.05, 0) is 37.2 Å². The van der Waals surface area contributed by atoms with Crippen LogP contribution in [-0.4, -0.2) is 42.9 Å². The first-order chi connectivity index (χ1) is 9.50. The molecule has 0 saturated carbocycles. The number of ketones is 1. The van der Waals surface area contributed by atoms with Gasteiger partial charge >= 0.3 is 0 Å². The lowest BCUT2D eigenvalue weighted by Gasteiger charge is -2.48. The van der Waals surface area contributed by atoms with Gasteiger partial charge < -0.3 is 9.16 Å². The Morgan fingerprint density at radius 3 is 2.67 bits per heavy atom. The van der Waals surface area contributed by atoms with Crippen molar-refractivity contribution in [1.82, 2.24) is 0 Å². The molecule has 0 N–H and O–H groups in total. The fourth-order valence-electron chi connectivity index (χ4n) is 3.65. The lowest BCUT2D eigenvalue weighted by atomic mass is 9.85. The molecule has 0 aromatic carbocycles. The van der Waals surface area contributed by atoms with Gasteiger partial charge in [-0.3, -0.25) is 4.79 Å². The Labute approximate surface area is 133 Å². The van der Waals surface area contributed by atoms with Gasteiger partial charge in [0.1, 0.15) is 5.60 Å². The summed E-state index contributed by atoms with van der Waals surface area (Å²) in [6.45, 7) is 13.1. The van der Waals surface area contributed by atoms with E-state index in [2.05, 4.69) is 33.9 Å². The van der Waals surface area contributed by atoms with Gasteiger partial charge in [0, 0.05) is 18.1 Å². The van der Waals surface area contributed by atoms with E-state index in [1.54, 1.807) is 0 Å². The quantitative estimate of drug-likeness (QED) is 0.725. The summed E-state index contributed by atoms with van der Waals surface area (Å²) in [6, 6.07) is 0. The maximum absolute atomic E-state index is 12.9. The third-order valence-electron chi connectivity index (χ3n) is 6.19. The van der Waals surface area contributed by atoms with Crippen molar-refractivity contribution >= 4 is 25.9 Å². The summed E-state index contributed by atoms with van der Waals surface area (Å²) in [7, 11) is -1.99. The Bertz CT molecular complexity index is 473. The highest BCUT2D eigenvalue weighted by Crippen LogP contribution is 2.55. The van der Waals surface area contributed by atoms with Crippen LogP contribution in [0.3, 0.4) is 0 Å². The number of hydrogen-bond acceptors (Lipinski definition) is 4. The van der Waals surface area contributed by atoms with Crippen molar-refractivity contribution in [1.29, 1.82) is 0 Å². The van der Waals surface area contributed by atoms with Crippen molar-refractivity contribution < 1.29 is 14.0 Å². The molecule has 3 fully saturated rings. The van der Waals surface area contributed by atoms with Crippen molar-refractivity contribution in [3.8, 4) is 0 Å². The highest BCUT2D eigenvalue weighted by Gasteiger charge is 2.65. The van der Waals surface area contributed by atoms with E-state index in [0.29, 0.717) is 12.3 Å². The van der Waals surface area contributed by atoms with E-state index in [9.17, 15) is 4.79 Å². The van der Waals surface area contributed by atoms with E-state index >= 15 is 0 Å². The standard InChI is InChI=1S/C16H28O3SSi/c1-14(2,3)21(5,6)19-15(4)12(17)8-16-10-20-9-11(16)7-13(15)18-16/h11,13H,7-10H2,1-6H3/t11-,13-,15-,16+/m0/s1. The van der Waals surface area contributed by atoms with Crippen LogP contribution in [0.5, 0.6) is 0 Å². The molecule has 3 aliphatic heterocycles. The first kappa shape index (κ1) is 16.0. The molecule has 4 atom stereocenters. The lowest BCUT2D eigenvalue weighted by molar-refractivity contribution is -0.178. The molecule has 21 heavy (non-hydrogen) atoms. The first-order valence-electron chi connectivity index (χ1n) is 7.99. The van der Waals surface area contributed by atoms with Crippen molar-refractivity contribution in [2.24, 2.45) is 5.92 Å². The predicted molar refractivity (Wildman–Crippen MR) is 89.3 cm³/mol. The molecular weight excluding hydrogens is 300 g/mol. The summed E-state index contributed by atoms with van der Waals surface area (Å²) in [5, 5.41) is 0.107. The normalized spacial score (nSPS) is 43.2. The second-order valence-electron chi connectivity index (χ2n) is 8.69. The van der Waals surface area contributed by atoms with Crippen LogP contribution in [0.4, 0.5) is 0 Å². The van der Waals surface area contributed by atoms with E-state index in [4.69, 9.17) is 9.16 Å². The number of hydrogen-bond donors (Lipinski definition) is 0. The number of fused-ring (bicyclic) bond motifs is 1. The van der Waals surface area contributed by atoms with E-state index in [1.165, 1.54) is 0 Å². The van der Waals surface area contributed by atoms with Crippen LogP contribution in [0.2, 0.25) is 18.1 Å². The number of carbonyl (C=O) groups excluding carboxylic acids is 1. The molecule has 0 aromatic rings. The molecule has 0 amide bonds. The van der Waals surface area contributed by atoms with Gasteiger partial charge in [0.2, 0.25) is 0 Å². The topological polar surface area (TPSA) is 35.5 Å². The van der Waals surface area contributed by atoms with Crippen molar-refractivity contribution in [2.75, 3.05) is 11.5 Å². The average Bonchev–Trinajstić information content (AvgIpc) is 2.79. The first-order valence-corrected chi connectivity index (χ1v) is 12.1. The van der Waals surface area contributed by atoms with Crippen LogP contribution in [0.15, 0.2) is 0 Å². The molecule has 3 aliphatic rings. The molecule has 3 heterocycles. The van der Waals surface area contributed by atoms with Crippen LogP contribution in [-0.2, 0) is 14.0 Å². The molecule has 120 valence electrons. The zero-order chi connectivity index (χ0) is 15.7. The number of rotatable bonds is 2. The highest BCUT2D eigenvalue weighted by molar-refractivity contribution is 7.99. The van der Waals surface area contributed by atoms with E-state index < -0.39 is 13.9 Å². The zero-order valence-corrected chi connectivity index (χ0v) is 15.9. The summed E-state index contributed by atoms with van der Waals surface area (Å²) >= 11 is 1.94. The van der Waals surface area contributed by atoms with Crippen molar-refractivity contribution in [2.45, 2.75) is 76.0 Å². The summed E-state index contributed by atoms with van der Waals surface area (Å²) in [4.78, 5) is 12.9. The van der Waals surface area contributed by atoms with Crippen LogP contribution in [0.25, 0.3) is 0 Å². The summed E-state index contributed by atoms with van der Waals surface area (Å²) in [5.74, 6) is 2.94. The van der Waals surface area contributed by atoms with Crippen molar-refractivity contribution in [3.05, 3.63) is 0 Å². The summed E-state index contributed by atoms with van der Waals surface area (Å²) in [6.07, 6.45) is 1.50. The third kappa shape index (κ3) is 2.27. The number of Topliss-reactive ketones (excluding diaryl/α,β-unsaturated/α-hetero) is 1. The fraction of sp³-hybridized carbons (Fsp3) is 0.938. The molecule has 0 aliphatic carbocycles. The second-order valence-corrected chi connectivity index (χ2v) is 14.4. The van der Waals surface area contributed by atoms with Crippen LogP contribution in [0, 0.1) is 5.92 Å². The van der Waals surface area contributed by atoms with Gasteiger partial charge in [0.05, 0.1) is 11.7 Å². The molecule has 5 heteroatoms. The molecule has 2 bridgehead atoms. The van der Waals surface area contributed by atoms with Gasteiger partial charge in [-0.25, -0.2) is 0 Å². The van der Waals surface area contributed by atoms with Crippen LogP contribution in [0.1, 0.15) is 40.5 Å². The minimum absolute atomic E-state index is 0.0428. The molecule has 3 nitrogen and oxygen atoms in total. The summed E-state index contributed by atoms with van der Waals surface area (Å²) < 4.78 is 13.0. The van der Waals surface area contributed by atoms with Crippen LogP contribution < -0.4 is 0 Å². The van der Waals surface area contributed by atoms with Crippen molar-refractivity contribution in [3.63, 3.8) is 0 Å². The number of thioether (sulfide) groups is 1. The van der Waals surface area contributed by atoms with Gasteiger partial charge in [0.15, 0.2) is 14.1 Å². The molecule has 1 spiro atoms. The monoisotopic (exact) mass is 328 g/mol. The Morgan fingerprint density at radius 2 is 2.05 bits per heavy atom. The Balaban J connectivity index is 1.87. The maximum Gasteiger partial charge on any atom is 0.193 e. The van der Waals surface area contributed by atoms with Gasteiger partial charge in [0.25, 0.3) is 0 Å². The largest absolute Gasteiger partial charge is 0.402 e. The summed E-state index contributed by atoms with van der Waals surface area (Å²) in [5.41, 5.74) is -0.897. The molecule has 0 aromatic heterocycles. The Kier molecular flexibility index (Phi) is 3.50. The third-order valence-corrected chi connectivity index (χ3v) is 12.1. The number of ether oxygens (including phenoxy) is 1. The SMILES string of the molecule is CC(C)(C)[Si](C)(C)O[C@@]1(C)C(=O)C[C@@]23CSC[C@@H]2C[C@@H]1O3. The van der Waals surface area contributed by atoms with Gasteiger partial charge in [-0.2, -0.15) is 11.8 Å². The molecule has 0 radical (unpaired) electrons. The molecule has 0 unspecified atom stereocenters. The number of carbonyl (C=O) groups is 1. The predicted octanol–water partition coefficient (Wildman–Crippen LogP) is 3.63. The Morgan fingerprint density at radius 1 is 1.38 bits per heavy atom. The lowest BCUT2D eigenvalue weighted by Crippen LogP contribution is -2.62. The van der Waals surface area contributed by atoms with Gasteiger partial charge in [-0.1, -0.05) is 20.8 Å². The highest BCUT2D eigenvalue weighted by atomic mass is 32.2. The average molecular weight is 329 g/mol. The maximum atomic E-state index is 12.9. The minimum Gasteiger partial charge on any atom is -0.402 e. The van der Waals surface area contributed by atoms with E-state index in [1.807, 2.05) is 18.7 Å². The zero-order valence-electron chi connectivity index (χ0n) is 14.1. The smallest absolute Gasteiger partial charge is 0.193 e.